The second kappa shape index (κ2) is 4.40. The fraction of sp³-hybridized carbons (Fsp3) is 0.571. The van der Waals surface area contributed by atoms with E-state index in [9.17, 15) is 0 Å². The Kier molecular flexibility index (Phi) is 2.84. The summed E-state index contributed by atoms with van der Waals surface area (Å²) in [5, 5.41) is 0. The van der Waals surface area contributed by atoms with E-state index in [2.05, 4.69) is 23.4 Å². The molecule has 1 saturated carbocycles. The summed E-state index contributed by atoms with van der Waals surface area (Å²) < 4.78 is 4.17. The van der Waals surface area contributed by atoms with Crippen molar-refractivity contribution in [2.45, 2.75) is 39.2 Å². The monoisotopic (exact) mass is 259 g/mol. The van der Waals surface area contributed by atoms with Gasteiger partial charge in [0.25, 0.3) is 0 Å². The van der Waals surface area contributed by atoms with Gasteiger partial charge in [-0.25, -0.2) is 9.97 Å². The lowest BCUT2D eigenvalue weighted by Crippen LogP contribution is -2.11. The van der Waals surface area contributed by atoms with Gasteiger partial charge in [0.05, 0.1) is 18.2 Å². The van der Waals surface area contributed by atoms with Gasteiger partial charge in [0.15, 0.2) is 0 Å². The van der Waals surface area contributed by atoms with Crippen LogP contribution in [0.3, 0.4) is 0 Å². The predicted molar refractivity (Wildman–Crippen MR) is 75.7 cm³/mol. The first-order valence-corrected chi connectivity index (χ1v) is 6.90. The molecule has 19 heavy (non-hydrogen) atoms. The Balaban J connectivity index is 2.09. The van der Waals surface area contributed by atoms with Crippen LogP contribution in [-0.4, -0.2) is 19.1 Å². The van der Waals surface area contributed by atoms with Crippen LogP contribution in [0.5, 0.6) is 0 Å². The van der Waals surface area contributed by atoms with Crippen molar-refractivity contribution in [2.24, 2.45) is 13.0 Å². The fourth-order valence-corrected chi connectivity index (χ4v) is 2.47. The predicted octanol–water partition coefficient (Wildman–Crippen LogP) is 2.40. The zero-order chi connectivity index (χ0) is 13.6. The Labute approximate surface area is 113 Å². The lowest BCUT2D eigenvalue weighted by molar-refractivity contribution is 0.512. The Morgan fingerprint density at radius 3 is 2.68 bits per heavy atom. The summed E-state index contributed by atoms with van der Waals surface area (Å²) in [4.78, 5) is 8.96. The molecule has 0 saturated heterocycles. The van der Waals surface area contributed by atoms with E-state index in [0.29, 0.717) is 11.8 Å². The first-order chi connectivity index (χ1) is 9.08. The molecule has 0 radical (unpaired) electrons. The third kappa shape index (κ3) is 2.13. The number of imidazole rings is 2. The van der Waals surface area contributed by atoms with Crippen molar-refractivity contribution >= 4 is 5.82 Å². The lowest BCUT2D eigenvalue weighted by Gasteiger charge is -2.11. The standard InChI is InChI=1S/C14H21N5/c1-9(2)7-19-13(15)12(11-6-16-8-18(11)3)17-14(19)10-4-5-10/h6,8-10H,4-5,7,15H2,1-3H3. The molecule has 2 N–H and O–H groups in total. The molecule has 2 aromatic rings. The van der Waals surface area contributed by atoms with Gasteiger partial charge in [-0.15, -0.1) is 0 Å². The minimum Gasteiger partial charge on any atom is -0.383 e. The van der Waals surface area contributed by atoms with Crippen molar-refractivity contribution in [3.63, 3.8) is 0 Å². The van der Waals surface area contributed by atoms with E-state index in [0.717, 1.165) is 29.6 Å². The molecule has 0 spiro atoms. The number of hydrogen-bond donors (Lipinski definition) is 1. The normalized spacial score (nSPS) is 15.4. The van der Waals surface area contributed by atoms with Gasteiger partial charge in [-0.2, -0.15) is 0 Å². The van der Waals surface area contributed by atoms with E-state index in [-0.39, 0.29) is 0 Å². The van der Waals surface area contributed by atoms with Crippen LogP contribution in [0.2, 0.25) is 0 Å². The molecule has 2 aromatic heterocycles. The molecule has 0 amide bonds. The van der Waals surface area contributed by atoms with Gasteiger partial charge in [0, 0.05) is 19.5 Å². The summed E-state index contributed by atoms with van der Waals surface area (Å²) in [5.41, 5.74) is 8.20. The van der Waals surface area contributed by atoms with E-state index in [4.69, 9.17) is 10.7 Å². The largest absolute Gasteiger partial charge is 0.383 e. The number of nitrogen functional groups attached to an aromatic ring is 1. The second-order valence-corrected chi connectivity index (χ2v) is 5.87. The molecule has 1 aliphatic rings. The van der Waals surface area contributed by atoms with Crippen LogP contribution in [-0.2, 0) is 13.6 Å². The van der Waals surface area contributed by atoms with Crippen LogP contribution in [0.1, 0.15) is 38.4 Å². The van der Waals surface area contributed by atoms with Crippen LogP contribution in [0.4, 0.5) is 5.82 Å². The third-order valence-corrected chi connectivity index (χ3v) is 3.59. The highest BCUT2D eigenvalue weighted by Crippen LogP contribution is 2.42. The molecule has 1 aliphatic carbocycles. The van der Waals surface area contributed by atoms with Crippen molar-refractivity contribution in [2.75, 3.05) is 5.73 Å². The number of rotatable bonds is 4. The fourth-order valence-electron chi connectivity index (χ4n) is 2.47. The SMILES string of the molecule is CC(C)Cn1c(C2CC2)nc(-c2cncn2C)c1N. The van der Waals surface area contributed by atoms with Gasteiger partial charge < -0.3 is 14.9 Å². The molecule has 5 nitrogen and oxygen atoms in total. The summed E-state index contributed by atoms with van der Waals surface area (Å²) >= 11 is 0. The molecule has 0 aromatic carbocycles. The Morgan fingerprint density at radius 1 is 1.42 bits per heavy atom. The van der Waals surface area contributed by atoms with Crippen molar-refractivity contribution in [1.29, 1.82) is 0 Å². The number of nitrogens with two attached hydrogens (primary N) is 1. The summed E-state index contributed by atoms with van der Waals surface area (Å²) in [6.07, 6.45) is 6.08. The van der Waals surface area contributed by atoms with Gasteiger partial charge >= 0.3 is 0 Å². The lowest BCUT2D eigenvalue weighted by atomic mass is 10.2. The molecule has 2 heterocycles. The summed E-state index contributed by atoms with van der Waals surface area (Å²) in [7, 11) is 1.97. The quantitative estimate of drug-likeness (QED) is 0.917. The highest BCUT2D eigenvalue weighted by molar-refractivity contribution is 5.68. The highest BCUT2D eigenvalue weighted by Gasteiger charge is 2.31. The van der Waals surface area contributed by atoms with Crippen LogP contribution < -0.4 is 5.73 Å². The molecule has 0 unspecified atom stereocenters. The molecule has 3 rings (SSSR count). The molecular weight excluding hydrogens is 238 g/mol. The number of hydrogen-bond acceptors (Lipinski definition) is 3. The van der Waals surface area contributed by atoms with Gasteiger partial charge in [-0.1, -0.05) is 13.8 Å². The topological polar surface area (TPSA) is 61.7 Å². The van der Waals surface area contributed by atoms with Gasteiger partial charge in [-0.3, -0.25) is 0 Å². The highest BCUT2D eigenvalue weighted by atomic mass is 15.2. The van der Waals surface area contributed by atoms with Gasteiger partial charge in [0.2, 0.25) is 0 Å². The van der Waals surface area contributed by atoms with E-state index < -0.39 is 0 Å². The van der Waals surface area contributed by atoms with E-state index in [1.165, 1.54) is 12.8 Å². The van der Waals surface area contributed by atoms with Crippen LogP contribution in [0.15, 0.2) is 12.5 Å². The minimum atomic E-state index is 0.563. The zero-order valence-electron chi connectivity index (χ0n) is 11.8. The van der Waals surface area contributed by atoms with Crippen LogP contribution in [0, 0.1) is 5.92 Å². The van der Waals surface area contributed by atoms with Crippen molar-refractivity contribution in [3.05, 3.63) is 18.3 Å². The number of aryl methyl sites for hydroxylation is 1. The van der Waals surface area contributed by atoms with Crippen molar-refractivity contribution in [1.82, 2.24) is 19.1 Å². The second-order valence-electron chi connectivity index (χ2n) is 5.87. The number of nitrogens with zero attached hydrogens (tertiary/aromatic N) is 4. The molecule has 0 bridgehead atoms. The Hall–Kier alpha value is -1.78. The zero-order valence-corrected chi connectivity index (χ0v) is 11.8. The number of anilines is 1. The third-order valence-electron chi connectivity index (χ3n) is 3.59. The van der Waals surface area contributed by atoms with E-state index in [1.807, 2.05) is 17.8 Å². The average molecular weight is 259 g/mol. The molecule has 1 fully saturated rings. The van der Waals surface area contributed by atoms with E-state index >= 15 is 0 Å². The van der Waals surface area contributed by atoms with E-state index in [1.54, 1.807) is 6.33 Å². The smallest absolute Gasteiger partial charge is 0.133 e. The summed E-state index contributed by atoms with van der Waals surface area (Å²) in [6.45, 7) is 5.35. The summed E-state index contributed by atoms with van der Waals surface area (Å²) in [6, 6.07) is 0. The molecule has 5 heteroatoms. The van der Waals surface area contributed by atoms with Crippen molar-refractivity contribution in [3.8, 4) is 11.4 Å². The number of aromatic nitrogens is 4. The van der Waals surface area contributed by atoms with Gasteiger partial charge in [0.1, 0.15) is 17.3 Å². The van der Waals surface area contributed by atoms with Crippen LogP contribution >= 0.6 is 0 Å². The minimum absolute atomic E-state index is 0.563. The molecular formula is C14H21N5. The molecule has 0 aliphatic heterocycles. The molecule has 102 valence electrons. The van der Waals surface area contributed by atoms with Crippen LogP contribution in [0.25, 0.3) is 11.4 Å². The maximum absolute atomic E-state index is 6.34. The maximum Gasteiger partial charge on any atom is 0.133 e. The average Bonchev–Trinajstić information content (AvgIpc) is 3.04. The Bertz CT molecular complexity index is 589. The maximum atomic E-state index is 6.34. The first-order valence-electron chi connectivity index (χ1n) is 6.90. The Morgan fingerprint density at radius 2 is 2.16 bits per heavy atom. The summed E-state index contributed by atoms with van der Waals surface area (Å²) in [5.74, 6) is 3.10. The first kappa shape index (κ1) is 12.3. The van der Waals surface area contributed by atoms with Gasteiger partial charge in [-0.05, 0) is 18.8 Å². The molecule has 0 atom stereocenters. The van der Waals surface area contributed by atoms with Crippen molar-refractivity contribution < 1.29 is 0 Å².